The van der Waals surface area contributed by atoms with E-state index >= 15 is 0 Å². The topological polar surface area (TPSA) is 54.5 Å². The van der Waals surface area contributed by atoms with Crippen molar-refractivity contribution in [3.8, 4) is 0 Å². The smallest absolute Gasteiger partial charge is 0.255 e. The Morgan fingerprint density at radius 3 is 2.44 bits per heavy atom. The van der Waals surface area contributed by atoms with Crippen molar-refractivity contribution in [1.29, 1.82) is 0 Å². The van der Waals surface area contributed by atoms with E-state index in [1.54, 1.807) is 17.0 Å². The maximum Gasteiger partial charge on any atom is 0.255 e. The molecule has 0 bridgehead atoms. The molecule has 1 aliphatic rings. The molecule has 1 aliphatic heterocycles. The van der Waals surface area contributed by atoms with Crippen LogP contribution in [0.3, 0.4) is 0 Å². The number of carbonyl (C=O) groups excluding carboxylic acids is 1. The van der Waals surface area contributed by atoms with Crippen molar-refractivity contribution in [1.82, 2.24) is 4.90 Å². The van der Waals surface area contributed by atoms with Gasteiger partial charge in [0.25, 0.3) is 5.91 Å². The summed E-state index contributed by atoms with van der Waals surface area (Å²) in [6, 6.07) is 13.8. The molecule has 1 heterocycles. The van der Waals surface area contributed by atoms with Gasteiger partial charge in [0.05, 0.1) is 22.1 Å². The van der Waals surface area contributed by atoms with E-state index in [0.29, 0.717) is 23.6 Å². The van der Waals surface area contributed by atoms with Crippen LogP contribution in [0.4, 0.5) is 0 Å². The molecule has 4 nitrogen and oxygen atoms in total. The van der Waals surface area contributed by atoms with Gasteiger partial charge < -0.3 is 4.90 Å². The summed E-state index contributed by atoms with van der Waals surface area (Å²) in [5, 5.41) is 0.705. The fourth-order valence-electron chi connectivity index (χ4n) is 2.99. The lowest BCUT2D eigenvalue weighted by Gasteiger charge is -2.29. The normalized spacial score (nSPS) is 18.9. The van der Waals surface area contributed by atoms with Crippen molar-refractivity contribution in [3.63, 3.8) is 0 Å². The number of amides is 1. The van der Waals surface area contributed by atoms with Gasteiger partial charge in [-0.05, 0) is 30.2 Å². The van der Waals surface area contributed by atoms with Crippen LogP contribution in [0.15, 0.2) is 48.5 Å². The highest BCUT2D eigenvalue weighted by molar-refractivity contribution is 7.91. The van der Waals surface area contributed by atoms with Crippen LogP contribution in [-0.2, 0) is 16.4 Å². The number of carbonyl (C=O) groups is 1. The first kappa shape index (κ1) is 18.2. The van der Waals surface area contributed by atoms with Gasteiger partial charge in [-0.1, -0.05) is 53.5 Å². The molecule has 2 aromatic rings. The lowest BCUT2D eigenvalue weighted by Crippen LogP contribution is -2.40. The van der Waals surface area contributed by atoms with Gasteiger partial charge in [-0.15, -0.1) is 0 Å². The maximum atomic E-state index is 13.1. The molecule has 3 rings (SSSR count). The van der Waals surface area contributed by atoms with E-state index in [-0.39, 0.29) is 28.5 Å². The quantitative estimate of drug-likeness (QED) is 0.787. The zero-order valence-electron chi connectivity index (χ0n) is 13.4. The number of hydrogen-bond donors (Lipinski definition) is 0. The molecule has 1 amide bonds. The summed E-state index contributed by atoms with van der Waals surface area (Å²) in [6.07, 6.45) is 0.437. The zero-order chi connectivity index (χ0) is 18.0. The third-order valence-corrected chi connectivity index (χ3v) is 6.57. The molecule has 0 saturated carbocycles. The van der Waals surface area contributed by atoms with Crippen LogP contribution in [0.5, 0.6) is 0 Å². The van der Waals surface area contributed by atoms with Crippen molar-refractivity contribution >= 4 is 38.9 Å². The molecule has 7 heteroatoms. The fourth-order valence-corrected chi connectivity index (χ4v) is 5.21. The lowest BCUT2D eigenvalue weighted by molar-refractivity contribution is 0.0681. The summed E-state index contributed by atoms with van der Waals surface area (Å²) in [5.41, 5.74) is 1.26. The van der Waals surface area contributed by atoms with Crippen molar-refractivity contribution in [3.05, 3.63) is 69.7 Å². The monoisotopic (exact) mass is 397 g/mol. The summed E-state index contributed by atoms with van der Waals surface area (Å²) in [5.74, 6) is -0.200. The van der Waals surface area contributed by atoms with Gasteiger partial charge >= 0.3 is 0 Å². The van der Waals surface area contributed by atoms with Gasteiger partial charge in [0.2, 0.25) is 0 Å². The Kier molecular flexibility index (Phi) is 5.37. The van der Waals surface area contributed by atoms with Gasteiger partial charge in [-0.2, -0.15) is 0 Å². The van der Waals surface area contributed by atoms with E-state index in [1.165, 1.54) is 6.07 Å². The third kappa shape index (κ3) is 4.35. The Morgan fingerprint density at radius 2 is 1.84 bits per heavy atom. The van der Waals surface area contributed by atoms with E-state index in [0.717, 1.165) is 5.56 Å². The summed E-state index contributed by atoms with van der Waals surface area (Å²) in [7, 11) is -3.11. The summed E-state index contributed by atoms with van der Waals surface area (Å²) in [4.78, 5) is 14.7. The van der Waals surface area contributed by atoms with Gasteiger partial charge in [-0.25, -0.2) is 8.42 Å². The molecular formula is C18H17Cl2NO3S. The van der Waals surface area contributed by atoms with E-state index in [2.05, 4.69) is 0 Å². The Morgan fingerprint density at radius 1 is 1.12 bits per heavy atom. The maximum absolute atomic E-state index is 13.1. The van der Waals surface area contributed by atoms with E-state index < -0.39 is 9.84 Å². The molecule has 0 aliphatic carbocycles. The second-order valence-electron chi connectivity index (χ2n) is 6.10. The largest absolute Gasteiger partial charge is 0.330 e. The molecule has 0 radical (unpaired) electrons. The van der Waals surface area contributed by atoms with Gasteiger partial charge in [0.15, 0.2) is 9.84 Å². The number of halogens is 2. The summed E-state index contributed by atoms with van der Waals surface area (Å²) < 4.78 is 23.8. The molecule has 1 fully saturated rings. The van der Waals surface area contributed by atoms with Crippen LogP contribution >= 0.6 is 23.2 Å². The van der Waals surface area contributed by atoms with Crippen LogP contribution in [0.2, 0.25) is 10.0 Å². The number of sulfone groups is 1. The first-order valence-corrected chi connectivity index (χ1v) is 10.4. The van der Waals surface area contributed by atoms with Gasteiger partial charge in [-0.3, -0.25) is 4.79 Å². The minimum absolute atomic E-state index is 0.0171. The number of rotatable bonds is 4. The molecule has 132 valence electrons. The first-order chi connectivity index (χ1) is 11.9. The number of hydrogen-bond acceptors (Lipinski definition) is 3. The van der Waals surface area contributed by atoms with Crippen LogP contribution in [0.1, 0.15) is 22.3 Å². The highest BCUT2D eigenvalue weighted by atomic mass is 35.5. The molecule has 25 heavy (non-hydrogen) atoms. The zero-order valence-corrected chi connectivity index (χ0v) is 15.7. The Hall–Kier alpha value is -1.56. The van der Waals surface area contributed by atoms with Crippen LogP contribution in [0.25, 0.3) is 0 Å². The predicted octanol–water partition coefficient (Wildman–Crippen LogP) is 3.82. The van der Waals surface area contributed by atoms with Crippen molar-refractivity contribution in [2.45, 2.75) is 19.0 Å². The molecule has 1 saturated heterocycles. The van der Waals surface area contributed by atoms with Gasteiger partial charge in [0.1, 0.15) is 0 Å². The second-order valence-corrected chi connectivity index (χ2v) is 9.17. The van der Waals surface area contributed by atoms with E-state index in [9.17, 15) is 13.2 Å². The van der Waals surface area contributed by atoms with E-state index in [1.807, 2.05) is 30.3 Å². The molecule has 1 unspecified atom stereocenters. The average molecular weight is 398 g/mol. The second kappa shape index (κ2) is 7.36. The Balaban J connectivity index is 1.94. The van der Waals surface area contributed by atoms with Crippen LogP contribution in [-0.4, -0.2) is 36.8 Å². The summed E-state index contributed by atoms with van der Waals surface area (Å²) in [6.45, 7) is 0.332. The molecule has 2 aromatic carbocycles. The third-order valence-electron chi connectivity index (χ3n) is 4.27. The van der Waals surface area contributed by atoms with Crippen LogP contribution < -0.4 is 0 Å². The Labute approximate surface area is 157 Å². The van der Waals surface area contributed by atoms with E-state index in [4.69, 9.17) is 23.2 Å². The highest BCUT2D eigenvalue weighted by Gasteiger charge is 2.35. The standard InChI is InChI=1S/C18H17Cl2NO3S/c19-14-6-7-16(17(20)10-14)18(22)21(11-13-4-2-1-3-5-13)15-8-9-25(23,24)12-15/h1-7,10,15H,8-9,11-12H2. The SMILES string of the molecule is O=C(c1ccc(Cl)cc1Cl)N(Cc1ccccc1)C1CCS(=O)(=O)C1. The van der Waals surface area contributed by atoms with Crippen molar-refractivity contribution < 1.29 is 13.2 Å². The van der Waals surface area contributed by atoms with Crippen molar-refractivity contribution in [2.75, 3.05) is 11.5 Å². The lowest BCUT2D eigenvalue weighted by atomic mass is 10.1. The molecule has 0 N–H and O–H groups in total. The average Bonchev–Trinajstić information content (AvgIpc) is 2.93. The minimum Gasteiger partial charge on any atom is -0.330 e. The molecule has 0 spiro atoms. The molecule has 0 aromatic heterocycles. The summed E-state index contributed by atoms with van der Waals surface area (Å²) >= 11 is 12.1. The Bertz CT molecular complexity index is 884. The molecular weight excluding hydrogens is 381 g/mol. The molecule has 1 atom stereocenters. The van der Waals surface area contributed by atoms with Crippen LogP contribution in [0, 0.1) is 0 Å². The fraction of sp³-hybridized carbons (Fsp3) is 0.278. The van der Waals surface area contributed by atoms with Crippen molar-refractivity contribution in [2.24, 2.45) is 0 Å². The van der Waals surface area contributed by atoms with Gasteiger partial charge in [0, 0.05) is 17.6 Å². The number of benzene rings is 2. The highest BCUT2D eigenvalue weighted by Crippen LogP contribution is 2.27. The predicted molar refractivity (Wildman–Crippen MR) is 99.8 cm³/mol. The first-order valence-electron chi connectivity index (χ1n) is 7.86. The minimum atomic E-state index is -3.11. The number of nitrogens with zero attached hydrogens (tertiary/aromatic N) is 1.